The van der Waals surface area contributed by atoms with E-state index in [-0.39, 0.29) is 28.5 Å². The molecule has 5 rings (SSSR count). The van der Waals surface area contributed by atoms with E-state index in [4.69, 9.17) is 9.15 Å². The van der Waals surface area contributed by atoms with Crippen LogP contribution in [-0.4, -0.2) is 36.9 Å². The number of benzene rings is 2. The number of fused-ring (bicyclic) bond motifs is 2. The molecule has 0 radical (unpaired) electrons. The van der Waals surface area contributed by atoms with Gasteiger partial charge in [0.25, 0.3) is 0 Å². The third kappa shape index (κ3) is 3.74. The number of rotatable bonds is 5. The molecule has 2 aromatic carbocycles. The number of aromatic carboxylic acids is 1. The van der Waals surface area contributed by atoms with Crippen LogP contribution < -0.4 is 15.6 Å². The second-order valence-corrected chi connectivity index (χ2v) is 10.2. The molecule has 0 aliphatic carbocycles. The molecule has 2 aliphatic heterocycles. The Bertz CT molecular complexity index is 1330. The lowest BCUT2D eigenvalue weighted by Gasteiger charge is -2.25. The molecule has 2 fully saturated rings. The van der Waals surface area contributed by atoms with Crippen LogP contribution in [-0.2, 0) is 4.74 Å². The molecule has 3 heterocycles. The number of ether oxygens (including phenoxy) is 1. The van der Waals surface area contributed by atoms with Crippen LogP contribution in [0.4, 0.5) is 11.6 Å². The summed E-state index contributed by atoms with van der Waals surface area (Å²) in [5.74, 6) is -0.0471. The quantitative estimate of drug-likeness (QED) is 0.561. The smallest absolute Gasteiger partial charge is 0.337 e. The number of carboxylic acid groups (broad SMARTS) is 1. The minimum atomic E-state index is -0.997. The number of aryl methyl sites for hydroxylation is 1. The van der Waals surface area contributed by atoms with Crippen molar-refractivity contribution in [1.82, 2.24) is 0 Å². The van der Waals surface area contributed by atoms with Crippen molar-refractivity contribution in [1.29, 1.82) is 0 Å². The first kappa shape index (κ1) is 22.5. The van der Waals surface area contributed by atoms with Gasteiger partial charge in [-0.15, -0.1) is 0 Å². The highest BCUT2D eigenvalue weighted by Crippen LogP contribution is 2.45. The van der Waals surface area contributed by atoms with Crippen molar-refractivity contribution < 1.29 is 19.1 Å². The largest absolute Gasteiger partial charge is 0.478 e. The standard InChI is InChI=1S/C27H30N2O5/c1-15-9-18(16(2)28-21-8-6-5-7-17(21)26(31)32)25-19(10-15)23(30)11-24(34-25)29-14-27(3,4)20-12-33-13-22(20)29/h5-11,16,20,22,28H,12-14H2,1-4H3,(H,31,32). The summed E-state index contributed by atoms with van der Waals surface area (Å²) in [5.41, 5.74) is 2.96. The highest BCUT2D eigenvalue weighted by Gasteiger charge is 2.50. The first-order chi connectivity index (χ1) is 16.2. The molecule has 178 valence electrons. The Balaban J connectivity index is 1.59. The zero-order valence-corrected chi connectivity index (χ0v) is 19.9. The molecule has 7 heteroatoms. The predicted octanol–water partition coefficient (Wildman–Crippen LogP) is 4.83. The second kappa shape index (κ2) is 8.17. The number of hydrogen-bond acceptors (Lipinski definition) is 6. The number of nitrogens with zero attached hydrogens (tertiary/aromatic N) is 1. The Labute approximate surface area is 198 Å². The van der Waals surface area contributed by atoms with E-state index in [0.29, 0.717) is 35.1 Å². The van der Waals surface area contributed by atoms with Crippen LogP contribution in [0, 0.1) is 18.3 Å². The summed E-state index contributed by atoms with van der Waals surface area (Å²) in [6, 6.07) is 12.1. The molecule has 2 saturated heterocycles. The third-order valence-electron chi connectivity index (χ3n) is 7.30. The van der Waals surface area contributed by atoms with Gasteiger partial charge in [-0.3, -0.25) is 4.79 Å². The second-order valence-electron chi connectivity index (χ2n) is 10.2. The van der Waals surface area contributed by atoms with E-state index in [2.05, 4.69) is 24.1 Å². The van der Waals surface area contributed by atoms with Crippen molar-refractivity contribution in [2.75, 3.05) is 30.0 Å². The molecular formula is C27H30N2O5. The summed E-state index contributed by atoms with van der Waals surface area (Å²) in [5, 5.41) is 13.4. The molecule has 3 atom stereocenters. The van der Waals surface area contributed by atoms with Crippen LogP contribution in [0.2, 0.25) is 0 Å². The van der Waals surface area contributed by atoms with Gasteiger partial charge in [0.2, 0.25) is 0 Å². The summed E-state index contributed by atoms with van der Waals surface area (Å²) >= 11 is 0. The zero-order chi connectivity index (χ0) is 24.2. The van der Waals surface area contributed by atoms with E-state index in [1.54, 1.807) is 30.3 Å². The Morgan fingerprint density at radius 2 is 1.97 bits per heavy atom. The monoisotopic (exact) mass is 462 g/mol. The van der Waals surface area contributed by atoms with Gasteiger partial charge in [0.15, 0.2) is 11.3 Å². The first-order valence-corrected chi connectivity index (χ1v) is 11.7. The maximum Gasteiger partial charge on any atom is 0.337 e. The molecule has 7 nitrogen and oxygen atoms in total. The van der Waals surface area contributed by atoms with Crippen molar-refractivity contribution in [3.8, 4) is 0 Å². The Hall–Kier alpha value is -3.32. The molecule has 3 unspecified atom stereocenters. The fraction of sp³-hybridized carbons (Fsp3) is 0.407. The predicted molar refractivity (Wildman–Crippen MR) is 132 cm³/mol. The van der Waals surface area contributed by atoms with Crippen molar-refractivity contribution in [2.45, 2.75) is 39.8 Å². The van der Waals surface area contributed by atoms with Crippen LogP contribution >= 0.6 is 0 Å². The summed E-state index contributed by atoms with van der Waals surface area (Å²) in [7, 11) is 0. The van der Waals surface area contributed by atoms with Gasteiger partial charge < -0.3 is 24.5 Å². The zero-order valence-electron chi connectivity index (χ0n) is 19.9. The van der Waals surface area contributed by atoms with Crippen LogP contribution in [0.3, 0.4) is 0 Å². The summed E-state index contributed by atoms with van der Waals surface area (Å²) in [4.78, 5) is 27.1. The van der Waals surface area contributed by atoms with Gasteiger partial charge in [-0.1, -0.05) is 32.0 Å². The molecule has 0 saturated carbocycles. The fourth-order valence-electron chi connectivity index (χ4n) is 5.50. The molecule has 2 aliphatic rings. The fourth-order valence-corrected chi connectivity index (χ4v) is 5.50. The SMILES string of the molecule is Cc1cc(C(C)Nc2ccccc2C(=O)O)c2oc(N3CC(C)(C)C4COCC43)cc(=O)c2c1. The molecule has 2 N–H and O–H groups in total. The van der Waals surface area contributed by atoms with Crippen molar-refractivity contribution in [3.63, 3.8) is 0 Å². The van der Waals surface area contributed by atoms with Crippen molar-refractivity contribution in [2.24, 2.45) is 11.3 Å². The normalized spacial score (nSPS) is 22.1. The number of hydrogen-bond donors (Lipinski definition) is 2. The van der Waals surface area contributed by atoms with Crippen LogP contribution in [0.15, 0.2) is 51.7 Å². The van der Waals surface area contributed by atoms with Gasteiger partial charge >= 0.3 is 5.97 Å². The lowest BCUT2D eigenvalue weighted by Crippen LogP contribution is -2.33. The van der Waals surface area contributed by atoms with Gasteiger partial charge in [0.1, 0.15) is 5.58 Å². The Morgan fingerprint density at radius 3 is 2.74 bits per heavy atom. The van der Waals surface area contributed by atoms with Gasteiger partial charge in [-0.2, -0.15) is 0 Å². The molecule has 1 aromatic heterocycles. The van der Waals surface area contributed by atoms with Gasteiger partial charge in [0, 0.05) is 29.8 Å². The maximum absolute atomic E-state index is 13.2. The molecule has 3 aromatic rings. The summed E-state index contributed by atoms with van der Waals surface area (Å²) in [6.45, 7) is 10.5. The summed E-state index contributed by atoms with van der Waals surface area (Å²) in [6.07, 6.45) is 0. The number of para-hydroxylation sites is 1. The average Bonchev–Trinajstić information content (AvgIpc) is 3.37. The lowest BCUT2D eigenvalue weighted by molar-refractivity contribution is 0.0698. The maximum atomic E-state index is 13.2. The molecule has 0 amide bonds. The summed E-state index contributed by atoms with van der Waals surface area (Å²) < 4.78 is 12.2. The molecular weight excluding hydrogens is 432 g/mol. The Kier molecular flexibility index (Phi) is 5.40. The third-order valence-corrected chi connectivity index (χ3v) is 7.30. The molecule has 0 bridgehead atoms. The number of nitrogens with one attached hydrogen (secondary N) is 1. The highest BCUT2D eigenvalue weighted by molar-refractivity contribution is 5.94. The van der Waals surface area contributed by atoms with E-state index in [1.807, 2.05) is 26.0 Å². The topological polar surface area (TPSA) is 92.0 Å². The Morgan fingerprint density at radius 1 is 1.21 bits per heavy atom. The van der Waals surface area contributed by atoms with Gasteiger partial charge in [-0.05, 0) is 43.0 Å². The minimum absolute atomic E-state index is 0.0557. The van der Waals surface area contributed by atoms with Crippen LogP contribution in [0.1, 0.15) is 48.3 Å². The van der Waals surface area contributed by atoms with E-state index in [1.165, 1.54) is 0 Å². The number of carboxylic acids is 1. The van der Waals surface area contributed by atoms with Gasteiger partial charge in [-0.25, -0.2) is 4.79 Å². The van der Waals surface area contributed by atoms with E-state index >= 15 is 0 Å². The van der Waals surface area contributed by atoms with Crippen molar-refractivity contribution >= 4 is 28.5 Å². The van der Waals surface area contributed by atoms with E-state index in [9.17, 15) is 14.7 Å². The number of anilines is 2. The van der Waals surface area contributed by atoms with Crippen molar-refractivity contribution in [3.05, 3.63) is 69.4 Å². The van der Waals surface area contributed by atoms with Gasteiger partial charge in [0.05, 0.1) is 36.2 Å². The first-order valence-electron chi connectivity index (χ1n) is 11.7. The molecule has 34 heavy (non-hydrogen) atoms. The van der Waals surface area contributed by atoms with E-state index in [0.717, 1.165) is 24.3 Å². The average molecular weight is 463 g/mol. The number of carbonyl (C=O) groups is 1. The highest BCUT2D eigenvalue weighted by atomic mass is 16.5. The van der Waals surface area contributed by atoms with Crippen LogP contribution in [0.25, 0.3) is 11.0 Å². The lowest BCUT2D eigenvalue weighted by atomic mass is 9.80. The minimum Gasteiger partial charge on any atom is -0.478 e. The molecule has 0 spiro atoms. The van der Waals surface area contributed by atoms with E-state index < -0.39 is 5.97 Å². The van der Waals surface area contributed by atoms with Crippen LogP contribution in [0.5, 0.6) is 0 Å².